The number of piperidine rings is 1. The first-order chi connectivity index (χ1) is 13.2. The van der Waals surface area contributed by atoms with E-state index in [1.165, 1.54) is 12.1 Å². The second kappa shape index (κ2) is 8.36. The summed E-state index contributed by atoms with van der Waals surface area (Å²) in [6, 6.07) is 4.80. The van der Waals surface area contributed by atoms with E-state index in [4.69, 9.17) is 4.74 Å². The van der Waals surface area contributed by atoms with Crippen molar-refractivity contribution in [2.45, 2.75) is 25.4 Å². The van der Waals surface area contributed by atoms with E-state index in [0.717, 1.165) is 25.2 Å². The van der Waals surface area contributed by atoms with Gasteiger partial charge in [0.15, 0.2) is 0 Å². The third-order valence-electron chi connectivity index (χ3n) is 5.63. The van der Waals surface area contributed by atoms with Gasteiger partial charge in [-0.15, -0.1) is 0 Å². The molecule has 0 spiro atoms. The van der Waals surface area contributed by atoms with Crippen molar-refractivity contribution in [2.24, 2.45) is 17.8 Å². The third-order valence-corrected chi connectivity index (χ3v) is 5.63. The van der Waals surface area contributed by atoms with Crippen molar-refractivity contribution >= 4 is 11.6 Å². The summed E-state index contributed by atoms with van der Waals surface area (Å²) in [5.41, 5.74) is -0.751. The monoisotopic (exact) mass is 401 g/mol. The summed E-state index contributed by atoms with van der Waals surface area (Å²) in [7, 11) is 1.67. The number of nitrogens with one attached hydrogen (secondary N) is 2. The van der Waals surface area contributed by atoms with Crippen molar-refractivity contribution in [1.82, 2.24) is 10.2 Å². The minimum atomic E-state index is -4.46. The first-order valence-corrected chi connectivity index (χ1v) is 9.32. The van der Waals surface area contributed by atoms with Crippen LogP contribution >= 0.6 is 0 Å². The molecule has 3 rings (SSSR count). The molecule has 9 heteroatoms. The average molecular weight is 401 g/mol. The fourth-order valence-corrected chi connectivity index (χ4v) is 4.09. The lowest BCUT2D eigenvalue weighted by Crippen LogP contribution is -2.42. The summed E-state index contributed by atoms with van der Waals surface area (Å²) >= 11 is 0. The van der Waals surface area contributed by atoms with Gasteiger partial charge in [0.25, 0.3) is 0 Å². The molecule has 0 aromatic heterocycles. The predicted molar refractivity (Wildman–Crippen MR) is 97.5 cm³/mol. The normalized spacial score (nSPS) is 26.6. The number of hydrogen-bond donors (Lipinski definition) is 3. The van der Waals surface area contributed by atoms with Crippen LogP contribution in [0.5, 0.6) is 0 Å². The average Bonchev–Trinajstić information content (AvgIpc) is 3.13. The molecular formula is C19H26F3N3O3. The van der Waals surface area contributed by atoms with Gasteiger partial charge in [-0.2, -0.15) is 13.2 Å². The van der Waals surface area contributed by atoms with Crippen LogP contribution in [0.3, 0.4) is 0 Å². The number of halogens is 3. The minimum Gasteiger partial charge on any atom is -0.383 e. The lowest BCUT2D eigenvalue weighted by molar-refractivity contribution is -0.137. The Morgan fingerprint density at radius 1 is 1.36 bits per heavy atom. The van der Waals surface area contributed by atoms with Crippen molar-refractivity contribution in [1.29, 1.82) is 0 Å². The Bertz CT molecular complexity index is 688. The highest BCUT2D eigenvalue weighted by Gasteiger charge is 2.58. The number of rotatable bonds is 8. The summed E-state index contributed by atoms with van der Waals surface area (Å²) in [5, 5.41) is 15.5. The van der Waals surface area contributed by atoms with Gasteiger partial charge in [0, 0.05) is 37.8 Å². The Morgan fingerprint density at radius 2 is 2.04 bits per heavy atom. The van der Waals surface area contributed by atoms with Crippen LogP contribution < -0.4 is 10.6 Å². The Labute approximate surface area is 162 Å². The topological polar surface area (TPSA) is 73.8 Å². The van der Waals surface area contributed by atoms with E-state index < -0.39 is 23.9 Å². The van der Waals surface area contributed by atoms with Gasteiger partial charge in [-0.1, -0.05) is 6.07 Å². The molecule has 1 amide bonds. The number of alkyl halides is 3. The third kappa shape index (κ3) is 4.83. The molecular weight excluding hydrogens is 375 g/mol. The molecule has 1 aliphatic heterocycles. The van der Waals surface area contributed by atoms with Crippen LogP contribution in [-0.4, -0.2) is 61.5 Å². The maximum Gasteiger partial charge on any atom is 0.416 e. The van der Waals surface area contributed by atoms with Gasteiger partial charge in [-0.25, -0.2) is 0 Å². The largest absolute Gasteiger partial charge is 0.416 e. The number of carbonyl (C=O) groups is 1. The number of likely N-dealkylation sites (tertiary alicyclic amines) is 1. The fraction of sp³-hybridized carbons (Fsp3) is 0.632. The summed E-state index contributed by atoms with van der Waals surface area (Å²) < 4.78 is 43.3. The Balaban J connectivity index is 1.42. The van der Waals surface area contributed by atoms with E-state index in [0.29, 0.717) is 24.5 Å². The lowest BCUT2D eigenvalue weighted by Gasteiger charge is -2.27. The molecule has 4 unspecified atom stereocenters. The van der Waals surface area contributed by atoms with Crippen molar-refractivity contribution in [2.75, 3.05) is 38.7 Å². The van der Waals surface area contributed by atoms with E-state index >= 15 is 0 Å². The highest BCUT2D eigenvalue weighted by Crippen LogP contribution is 2.53. The molecule has 1 saturated heterocycles. The molecule has 2 fully saturated rings. The predicted octanol–water partition coefficient (Wildman–Crippen LogP) is 1.76. The molecule has 156 valence electrons. The molecule has 0 radical (unpaired) electrons. The number of nitrogens with zero attached hydrogens (tertiary/aromatic N) is 1. The molecule has 1 heterocycles. The van der Waals surface area contributed by atoms with E-state index in [1.807, 2.05) is 0 Å². The zero-order chi connectivity index (χ0) is 20.5. The van der Waals surface area contributed by atoms with Gasteiger partial charge in [0.2, 0.25) is 5.91 Å². The Kier molecular flexibility index (Phi) is 6.28. The number of aliphatic hydroxyl groups is 1. The molecule has 1 aromatic carbocycles. The van der Waals surface area contributed by atoms with Gasteiger partial charge < -0.3 is 15.2 Å². The quantitative estimate of drug-likeness (QED) is 0.579. The fourth-order valence-electron chi connectivity index (χ4n) is 4.09. The van der Waals surface area contributed by atoms with Gasteiger partial charge in [0.1, 0.15) is 6.23 Å². The molecule has 1 aliphatic carbocycles. The van der Waals surface area contributed by atoms with Crippen molar-refractivity contribution in [3.8, 4) is 0 Å². The number of anilines is 1. The number of amides is 1. The standard InChI is InChI=1S/C19H26F3N3O3/c1-11(10-28-2)25-8-14-15(9-25)17(14)18(27)23-7-16(26)24-13-5-3-4-12(6-13)19(20,21)22/h3-6,11,14-15,17-18,23,27H,7-10H2,1-2H3,(H,24,26). The van der Waals surface area contributed by atoms with Gasteiger partial charge in [0.05, 0.1) is 18.7 Å². The Hall–Kier alpha value is -1.68. The van der Waals surface area contributed by atoms with Crippen molar-refractivity contribution in [3.63, 3.8) is 0 Å². The summed E-state index contributed by atoms with van der Waals surface area (Å²) in [6.45, 7) is 4.40. The first kappa shape index (κ1) is 21.0. The van der Waals surface area contributed by atoms with Gasteiger partial charge >= 0.3 is 6.18 Å². The molecule has 3 N–H and O–H groups in total. The second-order valence-electron chi connectivity index (χ2n) is 7.62. The number of fused-ring (bicyclic) bond motifs is 1. The van der Waals surface area contributed by atoms with Crippen LogP contribution in [0.25, 0.3) is 0 Å². The summed E-state index contributed by atoms with van der Waals surface area (Å²) in [6.07, 6.45) is -5.27. The van der Waals surface area contributed by atoms with Crippen LogP contribution in [-0.2, 0) is 15.7 Å². The molecule has 0 bridgehead atoms. The van der Waals surface area contributed by atoms with E-state index in [2.05, 4.69) is 22.5 Å². The molecule has 1 aromatic rings. The number of aliphatic hydroxyl groups excluding tert-OH is 1. The number of carbonyl (C=O) groups excluding carboxylic acids is 1. The zero-order valence-electron chi connectivity index (χ0n) is 15.9. The van der Waals surface area contributed by atoms with Gasteiger partial charge in [-0.3, -0.25) is 15.0 Å². The SMILES string of the molecule is COCC(C)N1CC2C(C1)C2C(O)NCC(=O)Nc1cccc(C(F)(F)F)c1. The summed E-state index contributed by atoms with van der Waals surface area (Å²) in [4.78, 5) is 14.3. The van der Waals surface area contributed by atoms with Crippen molar-refractivity contribution in [3.05, 3.63) is 29.8 Å². The molecule has 4 atom stereocenters. The first-order valence-electron chi connectivity index (χ1n) is 9.32. The van der Waals surface area contributed by atoms with E-state index in [1.54, 1.807) is 7.11 Å². The van der Waals surface area contributed by atoms with Crippen LogP contribution in [0.2, 0.25) is 0 Å². The second-order valence-corrected chi connectivity index (χ2v) is 7.62. The Morgan fingerprint density at radius 3 is 2.64 bits per heavy atom. The van der Waals surface area contributed by atoms with E-state index in [-0.39, 0.29) is 18.2 Å². The highest BCUT2D eigenvalue weighted by molar-refractivity contribution is 5.92. The molecule has 1 saturated carbocycles. The molecule has 2 aliphatic rings. The summed E-state index contributed by atoms with van der Waals surface area (Å²) in [5.74, 6) is 0.397. The van der Waals surface area contributed by atoms with Crippen LogP contribution in [0.15, 0.2) is 24.3 Å². The minimum absolute atomic E-state index is 0.0715. The zero-order valence-corrected chi connectivity index (χ0v) is 15.9. The maximum absolute atomic E-state index is 12.7. The number of benzene rings is 1. The lowest BCUT2D eigenvalue weighted by atomic mass is 10.2. The van der Waals surface area contributed by atoms with E-state index in [9.17, 15) is 23.1 Å². The smallest absolute Gasteiger partial charge is 0.383 e. The number of hydrogen-bond acceptors (Lipinski definition) is 5. The van der Waals surface area contributed by atoms with Gasteiger partial charge in [-0.05, 0) is 37.0 Å². The van der Waals surface area contributed by atoms with Crippen LogP contribution in [0, 0.1) is 17.8 Å². The van der Waals surface area contributed by atoms with Crippen LogP contribution in [0.1, 0.15) is 12.5 Å². The number of methoxy groups -OCH3 is 1. The maximum atomic E-state index is 12.7. The van der Waals surface area contributed by atoms with Crippen LogP contribution in [0.4, 0.5) is 18.9 Å². The highest BCUT2D eigenvalue weighted by atomic mass is 19.4. The molecule has 28 heavy (non-hydrogen) atoms. The van der Waals surface area contributed by atoms with Crippen molar-refractivity contribution < 1.29 is 27.8 Å². The molecule has 6 nitrogen and oxygen atoms in total. The number of ether oxygens (including phenoxy) is 1.